The third kappa shape index (κ3) is 58600. The molecule has 0 saturated heterocycles. The molecule has 6 N–H and O–H groups in total. The second-order valence-electron chi connectivity index (χ2n) is 0.224. The zero-order chi connectivity index (χ0) is 3.58. The summed E-state index contributed by atoms with van der Waals surface area (Å²) in [5.41, 5.74) is 0. The SMILES string of the molecule is O.O.O.O=[N+]([O-])[O-].[In+3]. The standard InChI is InChI=1S/In.NO3.3H2O/c;2-1(3)4;;;/h;;3*1H2/q+3;-1;;;. The summed E-state index contributed by atoms with van der Waals surface area (Å²) in [6.07, 6.45) is 0. The molecule has 0 rings (SSSR count). The summed E-state index contributed by atoms with van der Waals surface area (Å²) in [4.78, 5) is 8.25. The van der Waals surface area contributed by atoms with Crippen LogP contribution in [0.5, 0.6) is 0 Å². The Kier molecular flexibility index (Phi) is 156. The third-order valence-electron chi connectivity index (χ3n) is 0. The van der Waals surface area contributed by atoms with Crippen LogP contribution in [0.2, 0.25) is 0 Å². The molecular weight excluding hydrogens is 225 g/mol. The van der Waals surface area contributed by atoms with Gasteiger partial charge in [-0.1, -0.05) is 0 Å². The molecule has 0 unspecified atom stereocenters. The van der Waals surface area contributed by atoms with Crippen LogP contribution in [0.25, 0.3) is 0 Å². The summed E-state index contributed by atoms with van der Waals surface area (Å²) in [6.45, 7) is 0. The molecule has 8 heteroatoms. The Hall–Kier alpha value is -0.0499. The Morgan fingerprint density at radius 3 is 1.00 bits per heavy atom. The molecule has 0 heterocycles. The first-order valence-electron chi connectivity index (χ1n) is 0.548. The van der Waals surface area contributed by atoms with E-state index in [-0.39, 0.29) is 42.3 Å². The molecule has 0 saturated carbocycles. The molecule has 0 amide bonds. The molecule has 48 valence electrons. The van der Waals surface area contributed by atoms with Crippen LogP contribution in [0.4, 0.5) is 0 Å². The summed E-state index contributed by atoms with van der Waals surface area (Å²) in [5, 5.41) is 14.8. The van der Waals surface area contributed by atoms with Crippen LogP contribution in [0.15, 0.2) is 0 Å². The van der Waals surface area contributed by atoms with E-state index in [1.807, 2.05) is 0 Å². The van der Waals surface area contributed by atoms with Gasteiger partial charge in [-0.3, -0.25) is 0 Å². The van der Waals surface area contributed by atoms with E-state index in [1.54, 1.807) is 0 Å². The first kappa shape index (κ1) is 44.1. The van der Waals surface area contributed by atoms with Gasteiger partial charge in [0.25, 0.3) is 0 Å². The summed E-state index contributed by atoms with van der Waals surface area (Å²) in [7, 11) is 0. The van der Waals surface area contributed by atoms with Crippen LogP contribution in [-0.2, 0) is 0 Å². The Balaban J connectivity index is -0.00000000750. The maximum absolute atomic E-state index is 8.25. The molecule has 0 aliphatic carbocycles. The van der Waals surface area contributed by atoms with Crippen molar-refractivity contribution in [3.8, 4) is 0 Å². The maximum Gasteiger partial charge on any atom is 3.00 e. The first-order valence-corrected chi connectivity index (χ1v) is 0.548. The fourth-order valence-electron chi connectivity index (χ4n) is 0. The van der Waals surface area contributed by atoms with E-state index in [1.165, 1.54) is 0 Å². The topological polar surface area (TPSA) is 161 Å². The third-order valence-corrected chi connectivity index (χ3v) is 0. The minimum absolute atomic E-state index is 0. The van der Waals surface area contributed by atoms with E-state index in [9.17, 15) is 0 Å². The van der Waals surface area contributed by atoms with Gasteiger partial charge in [-0.15, -0.1) is 0 Å². The van der Waals surface area contributed by atoms with Crippen molar-refractivity contribution in [3.63, 3.8) is 0 Å². The van der Waals surface area contributed by atoms with Gasteiger partial charge in [0, 0.05) is 0 Å². The van der Waals surface area contributed by atoms with Gasteiger partial charge in [0.05, 0.1) is 5.09 Å². The molecule has 0 atom stereocenters. The number of rotatable bonds is 0. The molecule has 0 spiro atoms. The number of hydrogen-bond acceptors (Lipinski definition) is 3. The van der Waals surface area contributed by atoms with Crippen LogP contribution < -0.4 is 0 Å². The van der Waals surface area contributed by atoms with Gasteiger partial charge in [-0.2, -0.15) is 0 Å². The average molecular weight is 231 g/mol. The molecule has 0 aromatic heterocycles. The molecule has 0 aromatic rings. The Morgan fingerprint density at radius 2 is 1.00 bits per heavy atom. The number of nitrogens with zero attached hydrogens (tertiary/aromatic N) is 1. The van der Waals surface area contributed by atoms with Gasteiger partial charge < -0.3 is 31.8 Å². The van der Waals surface area contributed by atoms with E-state index >= 15 is 0 Å². The maximum atomic E-state index is 8.25. The van der Waals surface area contributed by atoms with Gasteiger partial charge in [-0.05, 0) is 0 Å². The van der Waals surface area contributed by atoms with E-state index in [4.69, 9.17) is 15.3 Å². The fraction of sp³-hybridized carbons (Fsp3) is 0. The first-order chi connectivity index (χ1) is 1.73. The summed E-state index contributed by atoms with van der Waals surface area (Å²) >= 11 is 0. The average Bonchev–Trinajstić information content (AvgIpc) is 0.811. The van der Waals surface area contributed by atoms with Gasteiger partial charge in [0.1, 0.15) is 0 Å². The second-order valence-corrected chi connectivity index (χ2v) is 0.224. The molecule has 0 radical (unpaired) electrons. The quantitative estimate of drug-likeness (QED) is 0.319. The minimum atomic E-state index is -1.75. The summed E-state index contributed by atoms with van der Waals surface area (Å²) < 4.78 is 0. The van der Waals surface area contributed by atoms with Crippen LogP contribution >= 0.6 is 0 Å². The minimum Gasteiger partial charge on any atom is -0.412 e. The predicted molar refractivity (Wildman–Crippen MR) is 27.0 cm³/mol. The van der Waals surface area contributed by atoms with Crippen molar-refractivity contribution in [1.82, 2.24) is 0 Å². The fourth-order valence-corrected chi connectivity index (χ4v) is 0. The Labute approximate surface area is 63.1 Å². The van der Waals surface area contributed by atoms with Gasteiger partial charge in [0.15, 0.2) is 0 Å². The van der Waals surface area contributed by atoms with Gasteiger partial charge in [0.2, 0.25) is 0 Å². The van der Waals surface area contributed by atoms with E-state index < -0.39 is 5.09 Å². The smallest absolute Gasteiger partial charge is 0.412 e. The summed E-state index contributed by atoms with van der Waals surface area (Å²) in [5.74, 6) is 0. The van der Waals surface area contributed by atoms with E-state index in [0.29, 0.717) is 0 Å². The Bertz CT molecular complexity index is 31.5. The van der Waals surface area contributed by atoms with Crippen molar-refractivity contribution in [2.75, 3.05) is 0 Å². The monoisotopic (exact) mass is 231 g/mol. The molecule has 7 nitrogen and oxygen atoms in total. The van der Waals surface area contributed by atoms with Gasteiger partial charge >= 0.3 is 25.8 Å². The zero-order valence-electron chi connectivity index (χ0n) is 3.75. The number of hydrogen-bond donors (Lipinski definition) is 0. The van der Waals surface area contributed by atoms with Crippen molar-refractivity contribution in [1.29, 1.82) is 0 Å². The molecule has 0 fully saturated rings. The second kappa shape index (κ2) is 28.3. The summed E-state index contributed by atoms with van der Waals surface area (Å²) in [6, 6.07) is 0. The molecule has 0 aliphatic rings. The Morgan fingerprint density at radius 1 is 1.00 bits per heavy atom. The van der Waals surface area contributed by atoms with Gasteiger partial charge in [-0.25, -0.2) is 0 Å². The largest absolute Gasteiger partial charge is 3.00 e. The van der Waals surface area contributed by atoms with Crippen molar-refractivity contribution in [3.05, 3.63) is 15.3 Å². The van der Waals surface area contributed by atoms with Crippen LogP contribution in [0, 0.1) is 15.3 Å². The van der Waals surface area contributed by atoms with Crippen LogP contribution in [-0.4, -0.2) is 47.4 Å². The van der Waals surface area contributed by atoms with Crippen molar-refractivity contribution < 1.29 is 21.5 Å². The van der Waals surface area contributed by atoms with E-state index in [2.05, 4.69) is 0 Å². The van der Waals surface area contributed by atoms with Crippen LogP contribution in [0.3, 0.4) is 0 Å². The molecule has 0 aliphatic heterocycles. The normalized spacial score (nSPS) is 3.00. The van der Waals surface area contributed by atoms with Crippen LogP contribution in [0.1, 0.15) is 0 Å². The molecule has 8 heavy (non-hydrogen) atoms. The zero-order valence-corrected chi connectivity index (χ0v) is 7.04. The predicted octanol–water partition coefficient (Wildman–Crippen LogP) is -3.09. The molecule has 0 bridgehead atoms. The van der Waals surface area contributed by atoms with Crippen molar-refractivity contribution >= 4 is 25.8 Å². The molecular formula is H6InNO6+2. The molecule has 0 aromatic carbocycles. The van der Waals surface area contributed by atoms with Crippen molar-refractivity contribution in [2.45, 2.75) is 0 Å². The van der Waals surface area contributed by atoms with Crippen molar-refractivity contribution in [2.24, 2.45) is 0 Å². The van der Waals surface area contributed by atoms with E-state index in [0.717, 1.165) is 0 Å².